The van der Waals surface area contributed by atoms with E-state index < -0.39 is 57.7 Å². The molecule has 36 heavy (non-hydrogen) atoms. The Bertz CT molecular complexity index is 1240. The minimum atomic E-state index is -4.00. The zero-order valence-electron chi connectivity index (χ0n) is 19.2. The smallest absolute Gasteiger partial charge is 0.332 e. The Morgan fingerprint density at radius 1 is 1.03 bits per heavy atom. The van der Waals surface area contributed by atoms with Crippen LogP contribution in [0.4, 0.5) is 5.69 Å². The highest BCUT2D eigenvalue weighted by atomic mass is 31.2. The van der Waals surface area contributed by atoms with Gasteiger partial charge in [0.15, 0.2) is 5.96 Å². The third-order valence-electron chi connectivity index (χ3n) is 4.42. The van der Waals surface area contributed by atoms with Crippen molar-refractivity contribution < 1.29 is 42.7 Å². The number of hydrogen-bond acceptors (Lipinski definition) is 8. The number of carbonyl (C=O) groups is 2. The minimum Gasteiger partial charge on any atom is -0.860 e. The van der Waals surface area contributed by atoms with Crippen LogP contribution in [0, 0.1) is 0 Å². The summed E-state index contributed by atoms with van der Waals surface area (Å²) in [7, 11) is -5.88. The highest BCUT2D eigenvalue weighted by Gasteiger charge is 2.22. The molecule has 1 aromatic heterocycles. The largest absolute Gasteiger partial charge is 0.860 e. The van der Waals surface area contributed by atoms with Crippen LogP contribution in [0.25, 0.3) is 0 Å². The predicted molar refractivity (Wildman–Crippen MR) is 128 cm³/mol. The number of hydrogen-bond donors (Lipinski definition) is 6. The van der Waals surface area contributed by atoms with Gasteiger partial charge in [0.05, 0.1) is 18.0 Å². The van der Waals surface area contributed by atoms with Gasteiger partial charge in [-0.1, -0.05) is 6.07 Å². The van der Waals surface area contributed by atoms with Crippen molar-refractivity contribution in [2.24, 2.45) is 21.5 Å². The number of aromatic amines is 1. The van der Waals surface area contributed by atoms with Crippen molar-refractivity contribution in [1.29, 1.82) is 0 Å². The van der Waals surface area contributed by atoms with Crippen molar-refractivity contribution >= 4 is 44.6 Å². The first kappa shape index (κ1) is 28.9. The molecule has 0 saturated carbocycles. The molecule has 8 N–H and O–H groups in total. The summed E-state index contributed by atoms with van der Waals surface area (Å²) in [5.74, 6) is -2.77. The highest BCUT2D eigenvalue weighted by Crippen LogP contribution is 2.47. The molecule has 17 heteroatoms. The highest BCUT2D eigenvalue weighted by molar-refractivity contribution is 7.52. The number of nitrogens with zero attached hydrogens (tertiary/aromatic N) is 2. The lowest BCUT2D eigenvalue weighted by Crippen LogP contribution is -2.35. The molecule has 0 spiro atoms. The normalized spacial score (nSPS) is 14.9. The van der Waals surface area contributed by atoms with E-state index in [1.807, 2.05) is 0 Å². The number of aromatic nitrogens is 1. The van der Waals surface area contributed by atoms with Gasteiger partial charge in [0, 0.05) is 20.8 Å². The summed E-state index contributed by atoms with van der Waals surface area (Å²) in [6, 6.07) is 6.61. The van der Waals surface area contributed by atoms with Crippen LogP contribution in [0.5, 0.6) is 0 Å². The molecule has 15 nitrogen and oxygen atoms in total. The van der Waals surface area contributed by atoms with Gasteiger partial charge in [-0.05, 0) is 41.3 Å². The first-order valence-corrected chi connectivity index (χ1v) is 13.5. The standard InChI is InChI=1S/C19H26N6O9P2/c1-33-35(29,30)9-11-5-12(10-36(31,32)34-2)7-13(6-11)23-16(26)8-22-17(27)14-3-4-15(24-14)18(28)25-19(20)21/h3-7,24H,8-10H2,1-2H3,(H,22,27)(H,23,26)(H,29,30)(H,31,32)(H4,20,21,25,28)/p-1. The van der Waals surface area contributed by atoms with E-state index >= 15 is 0 Å². The Hall–Kier alpha value is -3.32. The maximum Gasteiger partial charge on any atom is 0.332 e. The van der Waals surface area contributed by atoms with Gasteiger partial charge in [-0.25, -0.2) is 0 Å². The van der Waals surface area contributed by atoms with Crippen LogP contribution in [0.1, 0.15) is 32.1 Å². The molecular weight excluding hydrogens is 518 g/mol. The SMILES string of the molecule is COP(=O)(O)Cc1cc(CP(=O)(O)OC)cc(N=C([O-])CNC(=O)c2ccc(C(=O)N=C(N)N)[nH]2)c1. The van der Waals surface area contributed by atoms with Gasteiger partial charge in [0.2, 0.25) is 0 Å². The molecule has 0 radical (unpaired) electrons. The Balaban J connectivity index is 2.20. The lowest BCUT2D eigenvalue weighted by molar-refractivity contribution is -0.217. The quantitative estimate of drug-likeness (QED) is 0.124. The lowest BCUT2D eigenvalue weighted by Gasteiger charge is -2.15. The zero-order valence-corrected chi connectivity index (χ0v) is 21.0. The zero-order chi connectivity index (χ0) is 27.1. The van der Waals surface area contributed by atoms with Gasteiger partial charge in [-0.2, -0.15) is 4.99 Å². The first-order chi connectivity index (χ1) is 16.7. The van der Waals surface area contributed by atoms with E-state index in [2.05, 4.69) is 29.3 Å². The van der Waals surface area contributed by atoms with Crippen molar-refractivity contribution in [2.75, 3.05) is 20.8 Å². The van der Waals surface area contributed by atoms with E-state index in [9.17, 15) is 33.6 Å². The molecule has 0 bridgehead atoms. The summed E-state index contributed by atoms with van der Waals surface area (Å²) >= 11 is 0. The Kier molecular flexibility index (Phi) is 9.70. The molecular formula is C19H25N6O9P2-. The molecule has 196 valence electrons. The van der Waals surface area contributed by atoms with Crippen molar-refractivity contribution in [2.45, 2.75) is 12.3 Å². The fourth-order valence-electron chi connectivity index (χ4n) is 2.85. The van der Waals surface area contributed by atoms with Crippen LogP contribution in [-0.2, 0) is 30.5 Å². The van der Waals surface area contributed by atoms with E-state index in [0.717, 1.165) is 14.2 Å². The molecule has 2 rings (SSSR count). The molecule has 0 saturated heterocycles. The molecule has 2 atom stereocenters. The average Bonchev–Trinajstić information content (AvgIpc) is 3.27. The predicted octanol–water partition coefficient (Wildman–Crippen LogP) is -0.0878. The molecule has 1 aromatic carbocycles. The van der Waals surface area contributed by atoms with Crippen LogP contribution in [0.3, 0.4) is 0 Å². The summed E-state index contributed by atoms with van der Waals surface area (Å²) in [5.41, 5.74) is 10.6. The fourth-order valence-corrected chi connectivity index (χ4v) is 4.39. The maximum absolute atomic E-state index is 12.3. The van der Waals surface area contributed by atoms with Crippen molar-refractivity contribution in [3.8, 4) is 0 Å². The summed E-state index contributed by atoms with van der Waals surface area (Å²) in [6.45, 7) is -0.540. The minimum absolute atomic E-state index is 0.0129. The first-order valence-electron chi connectivity index (χ1n) is 9.97. The number of nitrogens with two attached hydrogens (primary N) is 2. The molecule has 0 aliphatic heterocycles. The second-order valence-electron chi connectivity index (χ2n) is 7.28. The van der Waals surface area contributed by atoms with Crippen LogP contribution in [0.2, 0.25) is 0 Å². The third-order valence-corrected chi connectivity index (χ3v) is 7.09. The van der Waals surface area contributed by atoms with E-state index in [4.69, 9.17) is 11.5 Å². The van der Waals surface area contributed by atoms with Crippen molar-refractivity contribution in [1.82, 2.24) is 10.3 Å². The summed E-state index contributed by atoms with van der Waals surface area (Å²) in [5, 5.41) is 14.7. The molecule has 2 unspecified atom stereocenters. The van der Waals surface area contributed by atoms with Crippen LogP contribution in [-0.4, -0.2) is 59.2 Å². The lowest BCUT2D eigenvalue weighted by atomic mass is 10.1. The topological polar surface area (TPSA) is 255 Å². The average molecular weight is 543 g/mol. The molecule has 0 aliphatic carbocycles. The maximum atomic E-state index is 12.3. The number of rotatable bonds is 11. The molecule has 1 heterocycles. The van der Waals surface area contributed by atoms with Crippen LogP contribution < -0.4 is 21.9 Å². The molecule has 2 aromatic rings. The van der Waals surface area contributed by atoms with Crippen LogP contribution >= 0.6 is 15.2 Å². The van der Waals surface area contributed by atoms with Gasteiger partial charge in [-0.15, -0.1) is 0 Å². The van der Waals surface area contributed by atoms with E-state index in [1.165, 1.54) is 30.3 Å². The Labute approximate surface area is 205 Å². The second kappa shape index (κ2) is 12.1. The van der Waals surface area contributed by atoms with Gasteiger partial charge in [0.1, 0.15) is 11.4 Å². The van der Waals surface area contributed by atoms with Gasteiger partial charge in [-0.3, -0.25) is 23.7 Å². The van der Waals surface area contributed by atoms with Crippen molar-refractivity contribution in [3.05, 3.63) is 52.8 Å². The third kappa shape index (κ3) is 9.04. The van der Waals surface area contributed by atoms with E-state index in [1.54, 1.807) is 0 Å². The number of carbonyl (C=O) groups excluding carboxylic acids is 2. The number of aliphatic imine (C=N–C) groups is 2. The number of H-pyrrole nitrogens is 1. The van der Waals surface area contributed by atoms with Gasteiger partial charge < -0.3 is 45.7 Å². The van der Waals surface area contributed by atoms with E-state index in [-0.39, 0.29) is 28.2 Å². The van der Waals surface area contributed by atoms with Gasteiger partial charge in [0.25, 0.3) is 11.8 Å². The molecule has 0 aliphatic rings. The van der Waals surface area contributed by atoms with E-state index in [0.29, 0.717) is 0 Å². The Morgan fingerprint density at radius 2 is 1.56 bits per heavy atom. The van der Waals surface area contributed by atoms with Crippen LogP contribution in [0.15, 0.2) is 40.3 Å². The monoisotopic (exact) mass is 543 g/mol. The summed E-state index contributed by atoms with van der Waals surface area (Å²) in [6.07, 6.45) is -0.886. The summed E-state index contributed by atoms with van der Waals surface area (Å²) in [4.78, 5) is 53.3. The number of benzene rings is 1. The van der Waals surface area contributed by atoms with Gasteiger partial charge >= 0.3 is 15.2 Å². The fraction of sp³-hybridized carbons (Fsp3) is 0.263. The number of amides is 2. The molecule has 2 amide bonds. The second-order valence-corrected chi connectivity index (χ2v) is 11.2. The van der Waals surface area contributed by atoms with Crippen molar-refractivity contribution in [3.63, 3.8) is 0 Å². The molecule has 0 fully saturated rings. The summed E-state index contributed by atoms with van der Waals surface area (Å²) < 4.78 is 33.0. The Morgan fingerprint density at radius 3 is 2.06 bits per heavy atom. The number of nitrogens with one attached hydrogen (secondary N) is 2. The number of guanidine groups is 1.